The molecule has 7 nitrogen and oxygen atoms in total. The number of β-amino-alcohol motifs (C(OH)–C–C–N with tert-alkyl or cyclic N) is 1. The van der Waals surface area contributed by atoms with Crippen molar-refractivity contribution in [3.05, 3.63) is 11.9 Å². The Balaban J connectivity index is 2.03. The van der Waals surface area contributed by atoms with Crippen LogP contribution in [0.3, 0.4) is 0 Å². The van der Waals surface area contributed by atoms with Crippen molar-refractivity contribution >= 4 is 6.09 Å². The molecule has 1 aliphatic heterocycles. The molecule has 1 saturated heterocycles. The third-order valence-electron chi connectivity index (χ3n) is 3.20. The van der Waals surface area contributed by atoms with Crippen LogP contribution >= 0.6 is 0 Å². The van der Waals surface area contributed by atoms with Gasteiger partial charge in [-0.05, 0) is 27.7 Å². The van der Waals surface area contributed by atoms with Gasteiger partial charge in [-0.25, -0.2) is 4.79 Å². The molecule has 0 aliphatic carbocycles. The van der Waals surface area contributed by atoms with Crippen molar-refractivity contribution in [1.29, 1.82) is 0 Å². The summed E-state index contributed by atoms with van der Waals surface area (Å²) >= 11 is 0. The van der Waals surface area contributed by atoms with Gasteiger partial charge >= 0.3 is 6.09 Å². The maximum absolute atomic E-state index is 12.0. The van der Waals surface area contributed by atoms with Gasteiger partial charge in [0.2, 0.25) is 0 Å². The van der Waals surface area contributed by atoms with Crippen molar-refractivity contribution in [3.63, 3.8) is 0 Å². The number of amides is 1. The molecule has 20 heavy (non-hydrogen) atoms. The lowest BCUT2D eigenvalue weighted by molar-refractivity contribution is 0.0270. The summed E-state index contributed by atoms with van der Waals surface area (Å²) in [5, 5.41) is 18.1. The van der Waals surface area contributed by atoms with Crippen molar-refractivity contribution in [2.24, 2.45) is 0 Å². The molecule has 1 amide bonds. The lowest BCUT2D eigenvalue weighted by Gasteiger charge is -2.24. The molecule has 2 rings (SSSR count). The van der Waals surface area contributed by atoms with Crippen molar-refractivity contribution in [2.75, 3.05) is 13.1 Å². The Hall–Kier alpha value is -1.63. The summed E-state index contributed by atoms with van der Waals surface area (Å²) < 4.78 is 7.02. The summed E-state index contributed by atoms with van der Waals surface area (Å²) in [5.74, 6) is -0.206. The molecule has 2 heterocycles. The molecule has 2 atom stereocenters. The number of hydrogen-bond donors (Lipinski definition) is 1. The Labute approximate surface area is 118 Å². The van der Waals surface area contributed by atoms with E-state index in [2.05, 4.69) is 10.3 Å². The maximum atomic E-state index is 12.0. The summed E-state index contributed by atoms with van der Waals surface area (Å²) in [6.45, 7) is 8.82. The molecule has 0 bridgehead atoms. The minimum Gasteiger partial charge on any atom is -0.444 e. The number of carbonyl (C=O) groups excluding carboxylic acids is 1. The van der Waals surface area contributed by atoms with E-state index >= 15 is 0 Å². The second kappa shape index (κ2) is 5.40. The van der Waals surface area contributed by atoms with Crippen molar-refractivity contribution in [3.8, 4) is 0 Å². The molecule has 1 aromatic heterocycles. The summed E-state index contributed by atoms with van der Waals surface area (Å²) in [6, 6.07) is 0. The van der Waals surface area contributed by atoms with E-state index in [4.69, 9.17) is 4.74 Å². The van der Waals surface area contributed by atoms with Gasteiger partial charge in [-0.1, -0.05) is 5.21 Å². The molecular formula is C13H22N4O3. The highest BCUT2D eigenvalue weighted by molar-refractivity contribution is 5.68. The van der Waals surface area contributed by atoms with E-state index in [0.717, 1.165) is 6.54 Å². The molecular weight excluding hydrogens is 260 g/mol. The third-order valence-corrected chi connectivity index (χ3v) is 3.20. The molecule has 1 fully saturated rings. The average molecular weight is 282 g/mol. The van der Waals surface area contributed by atoms with E-state index in [9.17, 15) is 9.90 Å². The zero-order chi connectivity index (χ0) is 14.9. The number of hydrogen-bond acceptors (Lipinski definition) is 5. The Morgan fingerprint density at radius 1 is 1.50 bits per heavy atom. The molecule has 1 N–H and O–H groups in total. The first-order valence-electron chi connectivity index (χ1n) is 6.86. The Morgan fingerprint density at radius 3 is 2.75 bits per heavy atom. The number of nitrogens with zero attached hydrogens (tertiary/aromatic N) is 4. The molecule has 112 valence electrons. The van der Waals surface area contributed by atoms with Gasteiger partial charge in [0, 0.05) is 19.3 Å². The number of carbonyl (C=O) groups is 1. The second-order valence-electron chi connectivity index (χ2n) is 6.06. The standard InChI is InChI=1S/C13H22N4O3/c1-5-17-7-10(14-15-17)9-6-16(8-11(9)18)12(19)20-13(2,3)4/h7,9,11,18H,5-6,8H2,1-4H3/t9-,11+/m0/s1. The normalized spacial score (nSPS) is 23.1. The third kappa shape index (κ3) is 3.27. The van der Waals surface area contributed by atoms with E-state index in [0.29, 0.717) is 12.2 Å². The van der Waals surface area contributed by atoms with E-state index in [-0.39, 0.29) is 12.5 Å². The van der Waals surface area contributed by atoms with Gasteiger partial charge in [0.15, 0.2) is 0 Å². The Kier molecular flexibility index (Phi) is 3.99. The molecule has 0 aromatic carbocycles. The van der Waals surface area contributed by atoms with Crippen LogP contribution in [0.15, 0.2) is 6.20 Å². The van der Waals surface area contributed by atoms with Crippen molar-refractivity contribution in [2.45, 2.75) is 51.9 Å². The van der Waals surface area contributed by atoms with Gasteiger partial charge in [0.25, 0.3) is 0 Å². The van der Waals surface area contributed by atoms with E-state index in [1.165, 1.54) is 4.90 Å². The van der Waals surface area contributed by atoms with Crippen LogP contribution in [0.25, 0.3) is 0 Å². The Morgan fingerprint density at radius 2 is 2.20 bits per heavy atom. The van der Waals surface area contributed by atoms with Gasteiger partial charge < -0.3 is 14.7 Å². The number of aromatic nitrogens is 3. The van der Waals surface area contributed by atoms with Crippen molar-refractivity contribution in [1.82, 2.24) is 19.9 Å². The van der Waals surface area contributed by atoms with Gasteiger partial charge in [0.05, 0.1) is 24.3 Å². The van der Waals surface area contributed by atoms with Crippen LogP contribution in [0.1, 0.15) is 39.3 Å². The number of rotatable bonds is 2. The number of aryl methyl sites for hydroxylation is 1. The first-order valence-corrected chi connectivity index (χ1v) is 6.86. The quantitative estimate of drug-likeness (QED) is 0.875. The summed E-state index contributed by atoms with van der Waals surface area (Å²) in [4.78, 5) is 13.5. The smallest absolute Gasteiger partial charge is 0.410 e. The fraction of sp³-hybridized carbons (Fsp3) is 0.769. The number of aliphatic hydroxyl groups is 1. The molecule has 7 heteroatoms. The SMILES string of the molecule is CCn1cc([C@@H]2CN(C(=O)OC(C)(C)C)C[C@H]2O)nn1. The minimum atomic E-state index is -0.635. The molecule has 1 aliphatic rings. The van der Waals surface area contributed by atoms with Gasteiger partial charge in [-0.2, -0.15) is 0 Å². The van der Waals surface area contributed by atoms with Crippen LogP contribution in [0, 0.1) is 0 Å². The van der Waals surface area contributed by atoms with Crippen LogP contribution in [0.5, 0.6) is 0 Å². The minimum absolute atomic E-state index is 0.206. The molecule has 0 spiro atoms. The number of aliphatic hydroxyl groups excluding tert-OH is 1. The second-order valence-corrected chi connectivity index (χ2v) is 6.06. The highest BCUT2D eigenvalue weighted by Gasteiger charge is 2.38. The molecule has 1 aromatic rings. The molecule has 0 unspecified atom stereocenters. The van der Waals surface area contributed by atoms with Crippen LogP contribution < -0.4 is 0 Å². The lowest BCUT2D eigenvalue weighted by atomic mass is 10.0. The van der Waals surface area contributed by atoms with E-state index < -0.39 is 17.8 Å². The topological polar surface area (TPSA) is 80.5 Å². The highest BCUT2D eigenvalue weighted by Crippen LogP contribution is 2.27. The van der Waals surface area contributed by atoms with Crippen LogP contribution in [0.4, 0.5) is 4.79 Å². The first-order chi connectivity index (χ1) is 9.30. The van der Waals surface area contributed by atoms with Gasteiger partial charge in [-0.15, -0.1) is 5.10 Å². The predicted octanol–water partition coefficient (Wildman–Crippen LogP) is 0.993. The summed E-state index contributed by atoms with van der Waals surface area (Å²) in [5.41, 5.74) is 0.177. The highest BCUT2D eigenvalue weighted by atomic mass is 16.6. The fourth-order valence-corrected chi connectivity index (χ4v) is 2.19. The summed E-state index contributed by atoms with van der Waals surface area (Å²) in [6.07, 6.45) is 0.776. The van der Waals surface area contributed by atoms with Gasteiger partial charge in [0.1, 0.15) is 5.60 Å². The first kappa shape index (κ1) is 14.8. The van der Waals surface area contributed by atoms with Gasteiger partial charge in [-0.3, -0.25) is 4.68 Å². The fourth-order valence-electron chi connectivity index (χ4n) is 2.19. The van der Waals surface area contributed by atoms with Crippen LogP contribution in [0.2, 0.25) is 0 Å². The average Bonchev–Trinajstić information content (AvgIpc) is 2.92. The molecule has 0 radical (unpaired) electrons. The van der Waals surface area contributed by atoms with E-state index in [1.54, 1.807) is 4.68 Å². The zero-order valence-electron chi connectivity index (χ0n) is 12.4. The monoisotopic (exact) mass is 282 g/mol. The van der Waals surface area contributed by atoms with Crippen molar-refractivity contribution < 1.29 is 14.6 Å². The summed E-state index contributed by atoms with van der Waals surface area (Å²) in [7, 11) is 0. The molecule has 0 saturated carbocycles. The largest absolute Gasteiger partial charge is 0.444 e. The Bertz CT molecular complexity index is 480. The van der Waals surface area contributed by atoms with Crippen LogP contribution in [-0.2, 0) is 11.3 Å². The predicted molar refractivity (Wildman–Crippen MR) is 72.3 cm³/mol. The number of likely N-dealkylation sites (tertiary alicyclic amines) is 1. The zero-order valence-corrected chi connectivity index (χ0v) is 12.4. The number of ether oxygens (including phenoxy) is 1. The maximum Gasteiger partial charge on any atom is 0.410 e. The lowest BCUT2D eigenvalue weighted by Crippen LogP contribution is -2.35. The van der Waals surface area contributed by atoms with E-state index in [1.807, 2.05) is 33.9 Å². The van der Waals surface area contributed by atoms with Crippen LogP contribution in [-0.4, -0.2) is 55.9 Å².